The van der Waals surface area contributed by atoms with Crippen molar-refractivity contribution in [2.24, 2.45) is 0 Å². The minimum atomic E-state index is -0.445. The summed E-state index contributed by atoms with van der Waals surface area (Å²) >= 11 is 25.7. The van der Waals surface area contributed by atoms with Crippen LogP contribution in [0, 0.1) is 0 Å². The minimum Gasteiger partial charge on any atom is -0.323 e. The fraction of sp³-hybridized carbons (Fsp3) is 0.0625. The van der Waals surface area contributed by atoms with Gasteiger partial charge in [-0.15, -0.1) is 11.3 Å². The molecule has 0 radical (unpaired) electrons. The van der Waals surface area contributed by atoms with Gasteiger partial charge in [-0.2, -0.15) is 0 Å². The van der Waals surface area contributed by atoms with E-state index < -0.39 is 5.91 Å². The van der Waals surface area contributed by atoms with Crippen LogP contribution in [0.15, 0.2) is 34.6 Å². The van der Waals surface area contributed by atoms with Crippen LogP contribution in [0.25, 0.3) is 6.08 Å². The van der Waals surface area contributed by atoms with Gasteiger partial charge in [-0.3, -0.25) is 14.5 Å². The van der Waals surface area contributed by atoms with E-state index in [-0.39, 0.29) is 27.5 Å². The van der Waals surface area contributed by atoms with Gasteiger partial charge in [0.2, 0.25) is 5.91 Å². The number of thiocarbonyl (C=S) groups is 1. The van der Waals surface area contributed by atoms with Crippen LogP contribution < -0.4 is 5.32 Å². The van der Waals surface area contributed by atoms with Crippen molar-refractivity contribution in [3.63, 3.8) is 0 Å². The molecular weight excluding hydrogens is 455 g/mol. The van der Waals surface area contributed by atoms with Crippen LogP contribution in [0.5, 0.6) is 0 Å². The number of anilines is 1. The van der Waals surface area contributed by atoms with Crippen molar-refractivity contribution >= 4 is 98.0 Å². The van der Waals surface area contributed by atoms with Crippen LogP contribution in [0.4, 0.5) is 5.69 Å². The Morgan fingerprint density at radius 1 is 1.23 bits per heavy atom. The zero-order chi connectivity index (χ0) is 18.8. The fourth-order valence-electron chi connectivity index (χ4n) is 2.09. The van der Waals surface area contributed by atoms with Gasteiger partial charge in [0.05, 0.1) is 25.7 Å². The van der Waals surface area contributed by atoms with Crippen molar-refractivity contribution in [1.82, 2.24) is 4.90 Å². The summed E-state index contributed by atoms with van der Waals surface area (Å²) in [4.78, 5) is 27.5. The van der Waals surface area contributed by atoms with Crippen LogP contribution in [0.1, 0.15) is 4.88 Å². The number of rotatable bonds is 4. The molecule has 1 saturated heterocycles. The Morgan fingerprint density at radius 3 is 2.65 bits per heavy atom. The van der Waals surface area contributed by atoms with Crippen molar-refractivity contribution in [3.8, 4) is 0 Å². The molecule has 1 N–H and O–H groups in total. The van der Waals surface area contributed by atoms with Crippen LogP contribution in [0.3, 0.4) is 0 Å². The molecule has 2 amide bonds. The Bertz CT molecular complexity index is 929. The molecule has 2 aromatic rings. The monoisotopic (exact) mass is 462 g/mol. The molecule has 0 saturated carbocycles. The van der Waals surface area contributed by atoms with Gasteiger partial charge in [-0.05, 0) is 29.7 Å². The first-order valence-corrected chi connectivity index (χ1v) is 10.3. The zero-order valence-electron chi connectivity index (χ0n) is 12.8. The molecule has 1 aromatic heterocycles. The number of thiophene rings is 1. The number of carbonyl (C=O) groups excluding carboxylic acids is 2. The molecular formula is C16H9Cl3N2O2S3. The Morgan fingerprint density at radius 2 is 1.96 bits per heavy atom. The smallest absolute Gasteiger partial charge is 0.266 e. The van der Waals surface area contributed by atoms with E-state index in [4.69, 9.17) is 47.0 Å². The second-order valence-electron chi connectivity index (χ2n) is 5.08. The quantitative estimate of drug-likeness (QED) is 0.367. The molecule has 0 atom stereocenters. The van der Waals surface area contributed by atoms with Gasteiger partial charge in [0.25, 0.3) is 5.91 Å². The van der Waals surface area contributed by atoms with Crippen molar-refractivity contribution in [3.05, 3.63) is 54.5 Å². The predicted octanol–water partition coefficient (Wildman–Crippen LogP) is 5.55. The lowest BCUT2D eigenvalue weighted by atomic mass is 10.3. The van der Waals surface area contributed by atoms with Gasteiger partial charge in [0.1, 0.15) is 10.9 Å². The molecule has 1 aliphatic rings. The number of halogens is 3. The van der Waals surface area contributed by atoms with Gasteiger partial charge in [-0.1, -0.05) is 64.8 Å². The van der Waals surface area contributed by atoms with Gasteiger partial charge in [0, 0.05) is 4.88 Å². The third kappa shape index (κ3) is 4.42. The van der Waals surface area contributed by atoms with E-state index in [2.05, 4.69) is 5.32 Å². The third-order valence-corrected chi connectivity index (χ3v) is 6.51. The van der Waals surface area contributed by atoms with E-state index in [0.717, 1.165) is 4.88 Å². The summed E-state index contributed by atoms with van der Waals surface area (Å²) in [6, 6.07) is 6.68. The van der Waals surface area contributed by atoms with Crippen LogP contribution in [0.2, 0.25) is 15.1 Å². The second kappa shape index (κ2) is 8.29. The minimum absolute atomic E-state index is 0.219. The number of hydrogen-bond donors (Lipinski definition) is 1. The van der Waals surface area contributed by atoms with Crippen molar-refractivity contribution < 1.29 is 9.59 Å². The highest BCUT2D eigenvalue weighted by Gasteiger charge is 2.33. The van der Waals surface area contributed by atoms with Crippen LogP contribution in [-0.2, 0) is 9.59 Å². The first kappa shape index (κ1) is 19.7. The highest BCUT2D eigenvalue weighted by Crippen LogP contribution is 2.34. The molecule has 1 fully saturated rings. The molecule has 134 valence electrons. The Labute approximate surface area is 178 Å². The van der Waals surface area contributed by atoms with E-state index in [0.29, 0.717) is 14.9 Å². The number of thioether (sulfide) groups is 1. The largest absolute Gasteiger partial charge is 0.323 e. The van der Waals surface area contributed by atoms with Crippen LogP contribution >= 0.6 is 70.1 Å². The van der Waals surface area contributed by atoms with Crippen molar-refractivity contribution in [1.29, 1.82) is 0 Å². The van der Waals surface area contributed by atoms with E-state index >= 15 is 0 Å². The number of nitrogens with one attached hydrogen (secondary N) is 1. The van der Waals surface area contributed by atoms with Gasteiger partial charge >= 0.3 is 0 Å². The summed E-state index contributed by atoms with van der Waals surface area (Å²) in [5.41, 5.74) is 0.311. The third-order valence-electron chi connectivity index (χ3n) is 3.28. The van der Waals surface area contributed by atoms with Crippen molar-refractivity contribution in [2.45, 2.75) is 0 Å². The summed E-state index contributed by atoms with van der Waals surface area (Å²) in [6.07, 6.45) is 1.76. The Hall–Kier alpha value is -1.09. The average molecular weight is 464 g/mol. The second-order valence-corrected chi connectivity index (χ2v) is 8.95. The van der Waals surface area contributed by atoms with Crippen LogP contribution in [-0.4, -0.2) is 27.6 Å². The molecule has 0 spiro atoms. The lowest BCUT2D eigenvalue weighted by Crippen LogP contribution is -2.36. The molecule has 4 nitrogen and oxygen atoms in total. The lowest BCUT2D eigenvalue weighted by Gasteiger charge is -2.15. The summed E-state index contributed by atoms with van der Waals surface area (Å²) in [7, 11) is 0. The number of hydrogen-bond acceptors (Lipinski definition) is 5. The SMILES string of the molecule is O=C(CN1C(=O)C(=Cc2cccs2)SC1=S)Nc1cc(Cl)c(Cl)cc1Cl. The molecule has 3 rings (SSSR count). The number of nitrogens with zero attached hydrogens (tertiary/aromatic N) is 1. The molecule has 1 aromatic carbocycles. The Kier molecular flexibility index (Phi) is 6.27. The molecule has 0 unspecified atom stereocenters. The number of amides is 2. The van der Waals surface area contributed by atoms with Crippen molar-refractivity contribution in [2.75, 3.05) is 11.9 Å². The highest BCUT2D eigenvalue weighted by molar-refractivity contribution is 8.26. The summed E-state index contributed by atoms with van der Waals surface area (Å²) in [6.45, 7) is -0.219. The molecule has 1 aliphatic heterocycles. The van der Waals surface area contributed by atoms with E-state index in [1.54, 1.807) is 6.08 Å². The summed E-state index contributed by atoms with van der Waals surface area (Å²) < 4.78 is 0.327. The first-order chi connectivity index (χ1) is 12.3. The number of carbonyl (C=O) groups is 2. The number of benzene rings is 1. The molecule has 0 bridgehead atoms. The molecule has 0 aliphatic carbocycles. The predicted molar refractivity (Wildman–Crippen MR) is 114 cm³/mol. The normalized spacial score (nSPS) is 15.8. The molecule has 10 heteroatoms. The Balaban J connectivity index is 1.70. The summed E-state index contributed by atoms with van der Waals surface area (Å²) in [5.74, 6) is -0.747. The maximum atomic E-state index is 12.5. The zero-order valence-corrected chi connectivity index (χ0v) is 17.5. The van der Waals surface area contributed by atoms with Gasteiger partial charge in [0.15, 0.2) is 0 Å². The molecule has 2 heterocycles. The van der Waals surface area contributed by atoms with Gasteiger partial charge in [-0.25, -0.2) is 0 Å². The topological polar surface area (TPSA) is 49.4 Å². The van der Waals surface area contributed by atoms with E-state index in [1.807, 2.05) is 17.5 Å². The molecule has 26 heavy (non-hydrogen) atoms. The summed E-state index contributed by atoms with van der Waals surface area (Å²) in [5, 5.41) is 5.32. The van der Waals surface area contributed by atoms with E-state index in [1.165, 1.54) is 40.1 Å². The van der Waals surface area contributed by atoms with Gasteiger partial charge < -0.3 is 5.32 Å². The average Bonchev–Trinajstić information content (AvgIpc) is 3.17. The fourth-order valence-corrected chi connectivity index (χ4v) is 4.66. The first-order valence-electron chi connectivity index (χ1n) is 7.08. The lowest BCUT2D eigenvalue weighted by molar-refractivity contribution is -0.126. The standard InChI is InChI=1S/C16H9Cl3N2O2S3/c17-9-5-11(19)12(6-10(9)18)20-14(22)7-21-15(23)13(26-16(21)24)4-8-2-1-3-25-8/h1-6H,7H2,(H,20,22). The maximum absolute atomic E-state index is 12.5. The van der Waals surface area contributed by atoms with E-state index in [9.17, 15) is 9.59 Å². The maximum Gasteiger partial charge on any atom is 0.266 e. The highest BCUT2D eigenvalue weighted by atomic mass is 35.5.